The maximum absolute atomic E-state index is 12.5. The van der Waals surface area contributed by atoms with E-state index in [-0.39, 0.29) is 29.3 Å². The Kier molecular flexibility index (Phi) is 7.01. The Bertz CT molecular complexity index is 1080. The molecule has 3 aliphatic rings. The van der Waals surface area contributed by atoms with E-state index >= 15 is 0 Å². The monoisotopic (exact) mass is 524 g/mol. The first-order valence-corrected chi connectivity index (χ1v) is 14.9. The summed E-state index contributed by atoms with van der Waals surface area (Å²) in [5.41, 5.74) is 0. The van der Waals surface area contributed by atoms with Crippen molar-refractivity contribution in [2.24, 2.45) is 11.8 Å². The van der Waals surface area contributed by atoms with Gasteiger partial charge in [0.1, 0.15) is 12.2 Å². The van der Waals surface area contributed by atoms with Crippen LogP contribution in [0.5, 0.6) is 0 Å². The van der Waals surface area contributed by atoms with E-state index in [0.717, 1.165) is 0 Å². The average molecular weight is 525 g/mol. The third-order valence-corrected chi connectivity index (χ3v) is 12.9. The standard InChI is InChI=1S/C28H36N2O6Si/c1-18-15-30(27(33)29-25(18)32)26-22(31)24-23(36-26)19(16-34-24)17-35-37(28(2,3)4,20-11-7-5-8-12-20)21-13-9-6-10-14-21/h5-14,18-19,22-24,26,31H,15-17H2,1-4H3,(H,29,32,33)/t18?,19?,22-,23?,24-,26-/m1/s1. The fourth-order valence-corrected chi connectivity index (χ4v) is 10.6. The average Bonchev–Trinajstić information content (AvgIpc) is 3.42. The van der Waals surface area contributed by atoms with Crippen molar-refractivity contribution in [3.8, 4) is 0 Å². The van der Waals surface area contributed by atoms with Crippen LogP contribution in [-0.4, -0.2) is 74.6 Å². The minimum absolute atomic E-state index is 0.113. The first-order chi connectivity index (χ1) is 17.6. The molecule has 3 saturated heterocycles. The predicted octanol–water partition coefficient (Wildman–Crippen LogP) is 1.85. The van der Waals surface area contributed by atoms with Gasteiger partial charge in [0, 0.05) is 19.1 Å². The van der Waals surface area contributed by atoms with E-state index in [0.29, 0.717) is 13.2 Å². The van der Waals surface area contributed by atoms with Gasteiger partial charge in [-0.2, -0.15) is 0 Å². The zero-order valence-electron chi connectivity index (χ0n) is 21.8. The highest BCUT2D eigenvalue weighted by atomic mass is 28.4. The van der Waals surface area contributed by atoms with E-state index in [1.165, 1.54) is 15.3 Å². The molecule has 198 valence electrons. The Balaban J connectivity index is 1.39. The summed E-state index contributed by atoms with van der Waals surface area (Å²) in [6.45, 7) is 9.43. The first-order valence-electron chi connectivity index (χ1n) is 12.9. The van der Waals surface area contributed by atoms with Gasteiger partial charge in [0.2, 0.25) is 5.91 Å². The number of ether oxygens (including phenoxy) is 2. The van der Waals surface area contributed by atoms with Crippen molar-refractivity contribution >= 4 is 30.6 Å². The van der Waals surface area contributed by atoms with Gasteiger partial charge in [0.05, 0.1) is 18.6 Å². The van der Waals surface area contributed by atoms with Crippen LogP contribution in [-0.2, 0) is 18.7 Å². The molecule has 2 aromatic rings. The van der Waals surface area contributed by atoms with Crippen molar-refractivity contribution in [3.05, 3.63) is 60.7 Å². The van der Waals surface area contributed by atoms with Crippen molar-refractivity contribution in [1.82, 2.24) is 10.2 Å². The van der Waals surface area contributed by atoms with Crippen molar-refractivity contribution in [2.75, 3.05) is 19.8 Å². The van der Waals surface area contributed by atoms with E-state index < -0.39 is 38.9 Å². The topological polar surface area (TPSA) is 97.3 Å². The van der Waals surface area contributed by atoms with Crippen molar-refractivity contribution in [3.63, 3.8) is 0 Å². The zero-order valence-corrected chi connectivity index (χ0v) is 22.8. The van der Waals surface area contributed by atoms with E-state index in [1.807, 2.05) is 12.1 Å². The summed E-state index contributed by atoms with van der Waals surface area (Å²) in [6.07, 6.45) is -2.85. The number of aliphatic hydroxyl groups excluding tert-OH is 1. The highest BCUT2D eigenvalue weighted by molar-refractivity contribution is 6.99. The Morgan fingerprint density at radius 3 is 2.19 bits per heavy atom. The summed E-state index contributed by atoms with van der Waals surface area (Å²) in [4.78, 5) is 25.8. The molecule has 3 fully saturated rings. The molecule has 2 N–H and O–H groups in total. The van der Waals surface area contributed by atoms with Crippen LogP contribution in [0.2, 0.25) is 5.04 Å². The van der Waals surface area contributed by atoms with E-state index in [9.17, 15) is 14.7 Å². The highest BCUT2D eigenvalue weighted by Gasteiger charge is 2.57. The lowest BCUT2D eigenvalue weighted by Crippen LogP contribution is -2.67. The summed E-state index contributed by atoms with van der Waals surface area (Å²) >= 11 is 0. The molecule has 6 atom stereocenters. The van der Waals surface area contributed by atoms with Crippen LogP contribution >= 0.6 is 0 Å². The number of imide groups is 1. The second-order valence-electron chi connectivity index (χ2n) is 11.4. The van der Waals surface area contributed by atoms with Gasteiger partial charge in [-0.3, -0.25) is 15.0 Å². The molecule has 37 heavy (non-hydrogen) atoms. The van der Waals surface area contributed by atoms with Gasteiger partial charge in [-0.15, -0.1) is 0 Å². The van der Waals surface area contributed by atoms with Gasteiger partial charge in [0.15, 0.2) is 6.23 Å². The molecular weight excluding hydrogens is 488 g/mol. The number of benzene rings is 2. The fourth-order valence-electron chi connectivity index (χ4n) is 5.95. The molecule has 5 rings (SSSR count). The molecule has 0 saturated carbocycles. The molecule has 3 aliphatic heterocycles. The molecule has 3 unspecified atom stereocenters. The Hall–Kier alpha value is -2.56. The van der Waals surface area contributed by atoms with Crippen LogP contribution < -0.4 is 15.7 Å². The number of carbonyl (C=O) groups excluding carboxylic acids is 2. The van der Waals surface area contributed by atoms with Crippen molar-refractivity contribution in [2.45, 2.75) is 57.3 Å². The smallest absolute Gasteiger partial charge is 0.326 e. The number of aliphatic hydroxyl groups is 1. The van der Waals surface area contributed by atoms with Gasteiger partial charge >= 0.3 is 6.03 Å². The zero-order chi connectivity index (χ0) is 26.4. The quantitative estimate of drug-likeness (QED) is 0.560. The van der Waals surface area contributed by atoms with Crippen molar-refractivity contribution in [1.29, 1.82) is 0 Å². The molecule has 0 bridgehead atoms. The molecule has 3 heterocycles. The normalized spacial score (nSPS) is 30.4. The molecule has 8 nitrogen and oxygen atoms in total. The largest absolute Gasteiger partial charge is 0.407 e. The van der Waals surface area contributed by atoms with E-state index in [4.69, 9.17) is 13.9 Å². The van der Waals surface area contributed by atoms with Gasteiger partial charge < -0.3 is 19.0 Å². The number of urea groups is 1. The maximum Gasteiger partial charge on any atom is 0.326 e. The van der Waals surface area contributed by atoms with Gasteiger partial charge in [-0.1, -0.05) is 88.4 Å². The minimum atomic E-state index is -2.74. The molecule has 0 aliphatic carbocycles. The Morgan fingerprint density at radius 1 is 1.03 bits per heavy atom. The maximum atomic E-state index is 12.5. The van der Waals surface area contributed by atoms with Crippen molar-refractivity contribution < 1.29 is 28.6 Å². The lowest BCUT2D eigenvalue weighted by molar-refractivity contribution is -0.131. The van der Waals surface area contributed by atoms with E-state index in [1.54, 1.807) is 6.92 Å². The third kappa shape index (κ3) is 4.53. The number of carbonyl (C=O) groups is 2. The lowest BCUT2D eigenvalue weighted by atomic mass is 10.0. The van der Waals surface area contributed by atoms with Gasteiger partial charge in [0.25, 0.3) is 8.32 Å². The summed E-state index contributed by atoms with van der Waals surface area (Å²) in [6, 6.07) is 20.3. The van der Waals surface area contributed by atoms with Crippen LogP contribution in [0.4, 0.5) is 4.79 Å². The lowest BCUT2D eigenvalue weighted by Gasteiger charge is -2.43. The molecule has 0 spiro atoms. The third-order valence-electron chi connectivity index (χ3n) is 7.86. The number of fused-ring (bicyclic) bond motifs is 1. The number of hydrogen-bond acceptors (Lipinski definition) is 6. The Labute approximate surface area is 219 Å². The number of nitrogens with zero attached hydrogens (tertiary/aromatic N) is 1. The van der Waals surface area contributed by atoms with Gasteiger partial charge in [-0.05, 0) is 15.4 Å². The number of nitrogens with one attached hydrogen (secondary N) is 1. The van der Waals surface area contributed by atoms with Crippen LogP contribution in [0.3, 0.4) is 0 Å². The molecule has 2 aromatic carbocycles. The summed E-state index contributed by atoms with van der Waals surface area (Å²) in [7, 11) is -2.74. The molecule has 0 aromatic heterocycles. The fraction of sp³-hybridized carbons (Fsp3) is 0.500. The van der Waals surface area contributed by atoms with Crippen LogP contribution in [0, 0.1) is 11.8 Å². The van der Waals surface area contributed by atoms with Gasteiger partial charge in [-0.25, -0.2) is 4.79 Å². The molecular formula is C28H36N2O6Si. The number of amides is 3. The second-order valence-corrected chi connectivity index (χ2v) is 15.7. The predicted molar refractivity (Wildman–Crippen MR) is 141 cm³/mol. The summed E-state index contributed by atoms with van der Waals surface area (Å²) < 4.78 is 19.4. The number of hydrogen-bond donors (Lipinski definition) is 2. The Morgan fingerprint density at radius 2 is 1.62 bits per heavy atom. The van der Waals surface area contributed by atoms with Crippen LogP contribution in [0.1, 0.15) is 27.7 Å². The second kappa shape index (κ2) is 9.96. The molecule has 9 heteroatoms. The summed E-state index contributed by atoms with van der Waals surface area (Å²) in [5, 5.41) is 15.6. The number of rotatable bonds is 6. The highest BCUT2D eigenvalue weighted by Crippen LogP contribution is 2.40. The molecule has 0 radical (unpaired) electrons. The van der Waals surface area contributed by atoms with Crippen LogP contribution in [0.15, 0.2) is 60.7 Å². The molecule has 3 amide bonds. The van der Waals surface area contributed by atoms with Crippen LogP contribution in [0.25, 0.3) is 0 Å². The first kappa shape index (κ1) is 26.1. The minimum Gasteiger partial charge on any atom is -0.407 e. The SMILES string of the molecule is CC1CN([C@@H]2OC3C(CO[Si](c4ccccc4)(c4ccccc4)C(C)(C)C)CO[C@@H]3[C@H]2O)C(=O)NC1=O. The van der Waals surface area contributed by atoms with E-state index in [2.05, 4.69) is 74.6 Å². The summed E-state index contributed by atoms with van der Waals surface area (Å²) in [5.74, 6) is -0.816.